The molecule has 2 amide bonds. The molecule has 8 heteroatoms. The maximum absolute atomic E-state index is 15.4. The van der Waals surface area contributed by atoms with Crippen molar-refractivity contribution in [3.05, 3.63) is 101 Å². The number of fused-ring (bicyclic) bond motifs is 1. The van der Waals surface area contributed by atoms with Gasteiger partial charge in [0.1, 0.15) is 18.2 Å². The van der Waals surface area contributed by atoms with Gasteiger partial charge in [-0.25, -0.2) is 9.07 Å². The van der Waals surface area contributed by atoms with Gasteiger partial charge in [-0.3, -0.25) is 14.5 Å². The number of aryl methyl sites for hydroxylation is 2. The third-order valence-corrected chi connectivity index (χ3v) is 8.15. The molecule has 206 valence electrons. The third kappa shape index (κ3) is 5.54. The number of amides is 2. The predicted molar refractivity (Wildman–Crippen MR) is 159 cm³/mol. The number of carbonyl (C=O) groups excluding carboxylic acids is 2. The average molecular weight is 557 g/mol. The van der Waals surface area contributed by atoms with Gasteiger partial charge in [0.15, 0.2) is 0 Å². The first-order valence-electron chi connectivity index (χ1n) is 13.4. The number of rotatable bonds is 7. The molecule has 4 aromatic rings. The smallest absolute Gasteiger partial charge is 0.240 e. The first-order chi connectivity index (χ1) is 19.2. The van der Waals surface area contributed by atoms with Gasteiger partial charge in [-0.15, -0.1) is 11.8 Å². The van der Waals surface area contributed by atoms with Crippen LogP contribution < -0.4 is 10.2 Å². The van der Waals surface area contributed by atoms with Crippen molar-refractivity contribution in [1.29, 1.82) is 0 Å². The van der Waals surface area contributed by atoms with Crippen molar-refractivity contribution >= 4 is 29.4 Å². The van der Waals surface area contributed by atoms with Crippen LogP contribution in [0.3, 0.4) is 0 Å². The normalized spacial score (nSPS) is 15.2. The number of nitrogens with zero attached hydrogens (tertiary/aromatic N) is 3. The minimum absolute atomic E-state index is 0.0895. The van der Waals surface area contributed by atoms with Crippen LogP contribution in [-0.4, -0.2) is 40.4 Å². The topological polar surface area (TPSA) is 67.2 Å². The van der Waals surface area contributed by atoms with Crippen LogP contribution in [0, 0.1) is 25.6 Å². The molecule has 0 spiro atoms. The van der Waals surface area contributed by atoms with E-state index in [1.165, 1.54) is 22.7 Å². The van der Waals surface area contributed by atoms with Gasteiger partial charge in [-0.05, 0) is 37.5 Å². The number of anilines is 1. The Morgan fingerprint density at radius 2 is 1.80 bits per heavy atom. The Morgan fingerprint density at radius 1 is 1.07 bits per heavy atom. The Hall–Kier alpha value is -3.91. The fraction of sp³-hybridized carbons (Fsp3) is 0.281. The summed E-state index contributed by atoms with van der Waals surface area (Å²) < 4.78 is 17.1. The van der Waals surface area contributed by atoms with E-state index in [2.05, 4.69) is 11.4 Å². The van der Waals surface area contributed by atoms with Crippen molar-refractivity contribution in [3.63, 3.8) is 0 Å². The zero-order valence-corrected chi connectivity index (χ0v) is 24.0. The number of halogens is 1. The summed E-state index contributed by atoms with van der Waals surface area (Å²) in [5.41, 5.74) is 5.56. The Kier molecular flexibility index (Phi) is 8.07. The Balaban J connectivity index is 1.80. The van der Waals surface area contributed by atoms with Gasteiger partial charge in [0, 0.05) is 23.2 Å². The van der Waals surface area contributed by atoms with Crippen molar-refractivity contribution < 1.29 is 14.0 Å². The highest BCUT2D eigenvalue weighted by molar-refractivity contribution is 8.00. The van der Waals surface area contributed by atoms with E-state index in [1.54, 1.807) is 22.9 Å². The summed E-state index contributed by atoms with van der Waals surface area (Å²) in [5, 5.41) is 7.52. The van der Waals surface area contributed by atoms with E-state index in [-0.39, 0.29) is 35.8 Å². The maximum atomic E-state index is 15.4. The third-order valence-electron chi connectivity index (χ3n) is 6.91. The first-order valence-corrected chi connectivity index (χ1v) is 14.5. The summed E-state index contributed by atoms with van der Waals surface area (Å²) in [4.78, 5) is 28.4. The van der Waals surface area contributed by atoms with Crippen molar-refractivity contribution in [2.75, 3.05) is 23.7 Å². The second-order valence-electron chi connectivity index (χ2n) is 10.5. The lowest BCUT2D eigenvalue weighted by molar-refractivity contribution is -0.123. The molecule has 1 unspecified atom stereocenters. The first kappa shape index (κ1) is 27.6. The monoisotopic (exact) mass is 556 g/mol. The number of hydrogen-bond donors (Lipinski definition) is 1. The van der Waals surface area contributed by atoms with E-state index < -0.39 is 5.25 Å². The van der Waals surface area contributed by atoms with E-state index in [9.17, 15) is 9.59 Å². The molecule has 0 bridgehead atoms. The Labute approximate surface area is 238 Å². The zero-order valence-electron chi connectivity index (χ0n) is 23.1. The Bertz CT molecular complexity index is 1550. The van der Waals surface area contributed by atoms with E-state index in [0.29, 0.717) is 29.2 Å². The molecule has 1 atom stereocenters. The van der Waals surface area contributed by atoms with Gasteiger partial charge in [0.2, 0.25) is 11.8 Å². The van der Waals surface area contributed by atoms with E-state index in [1.807, 2.05) is 70.2 Å². The molecule has 0 radical (unpaired) electrons. The van der Waals surface area contributed by atoms with Gasteiger partial charge >= 0.3 is 0 Å². The minimum atomic E-state index is -0.515. The number of thioether (sulfide) groups is 1. The van der Waals surface area contributed by atoms with Crippen LogP contribution in [0.4, 0.5) is 10.2 Å². The lowest BCUT2D eigenvalue weighted by atomic mass is 9.99. The molecule has 0 aliphatic carbocycles. The number of nitrogens with one attached hydrogen (secondary N) is 1. The summed E-state index contributed by atoms with van der Waals surface area (Å²) in [6.45, 7) is 8.41. The second kappa shape index (κ2) is 11.7. The zero-order chi connectivity index (χ0) is 28.4. The molecule has 5 rings (SSSR count). The van der Waals surface area contributed by atoms with Gasteiger partial charge in [-0.1, -0.05) is 80.1 Å². The summed E-state index contributed by atoms with van der Waals surface area (Å²) >= 11 is 1.36. The highest BCUT2D eigenvalue weighted by Crippen LogP contribution is 2.49. The van der Waals surface area contributed by atoms with E-state index >= 15 is 4.39 Å². The number of hydrogen-bond acceptors (Lipinski definition) is 4. The number of carbonyl (C=O) groups is 2. The lowest BCUT2D eigenvalue weighted by Gasteiger charge is -2.24. The van der Waals surface area contributed by atoms with Crippen LogP contribution in [0.25, 0.3) is 16.9 Å². The molecule has 1 aliphatic rings. The quantitative estimate of drug-likeness (QED) is 0.293. The van der Waals surface area contributed by atoms with Crippen LogP contribution in [0.2, 0.25) is 0 Å². The van der Waals surface area contributed by atoms with Crippen LogP contribution in [0.1, 0.15) is 41.4 Å². The van der Waals surface area contributed by atoms with Crippen LogP contribution in [0.15, 0.2) is 72.8 Å². The van der Waals surface area contributed by atoms with Crippen LogP contribution in [-0.2, 0) is 9.59 Å². The van der Waals surface area contributed by atoms with E-state index in [4.69, 9.17) is 5.10 Å². The molecular weight excluding hydrogens is 523 g/mol. The summed E-state index contributed by atoms with van der Waals surface area (Å²) in [7, 11) is 0. The molecule has 0 fully saturated rings. The molecule has 1 N–H and O–H groups in total. The van der Waals surface area contributed by atoms with Gasteiger partial charge in [-0.2, -0.15) is 5.10 Å². The van der Waals surface area contributed by atoms with Crippen molar-refractivity contribution in [2.45, 2.75) is 32.9 Å². The number of benzene rings is 3. The molecule has 6 nitrogen and oxygen atoms in total. The van der Waals surface area contributed by atoms with Gasteiger partial charge < -0.3 is 5.32 Å². The second-order valence-corrected chi connectivity index (χ2v) is 11.6. The van der Waals surface area contributed by atoms with Gasteiger partial charge in [0.05, 0.1) is 22.4 Å². The summed E-state index contributed by atoms with van der Waals surface area (Å²) in [6.07, 6.45) is 0. The fourth-order valence-corrected chi connectivity index (χ4v) is 6.21. The standard InChI is InChI=1S/C32H33FN4O2S/c1-20(2)17-34-27(38)18-36-28(39)19-40-31(24-12-8-9-13-25(24)33)29-30(23-10-6-5-7-11-23)35-37(32(29)36)26-15-14-21(3)16-22(26)4/h5-16,20,31H,17-19H2,1-4H3,(H,34,38). The lowest BCUT2D eigenvalue weighted by Crippen LogP contribution is -2.43. The number of aromatic nitrogens is 2. The van der Waals surface area contributed by atoms with Crippen molar-refractivity contribution in [1.82, 2.24) is 15.1 Å². The minimum Gasteiger partial charge on any atom is -0.354 e. The molecule has 40 heavy (non-hydrogen) atoms. The maximum Gasteiger partial charge on any atom is 0.240 e. The Morgan fingerprint density at radius 3 is 2.50 bits per heavy atom. The summed E-state index contributed by atoms with van der Waals surface area (Å²) in [6, 6.07) is 22.4. The molecule has 1 aromatic heterocycles. The molecule has 0 saturated carbocycles. The largest absolute Gasteiger partial charge is 0.354 e. The summed E-state index contributed by atoms with van der Waals surface area (Å²) in [5.74, 6) is 0.0262. The fourth-order valence-electron chi connectivity index (χ4n) is 4.99. The SMILES string of the molecule is Cc1ccc(-n2nc(-c3ccccc3)c3c2N(CC(=O)NCC(C)C)C(=O)CSC3c2ccccc2F)c(C)c1. The van der Waals surface area contributed by atoms with Gasteiger partial charge in [0.25, 0.3) is 0 Å². The average Bonchev–Trinajstić information content (AvgIpc) is 3.25. The molecular formula is C32H33FN4O2S. The molecule has 3 aromatic carbocycles. The highest BCUT2D eigenvalue weighted by Gasteiger charge is 2.38. The molecule has 0 saturated heterocycles. The predicted octanol–water partition coefficient (Wildman–Crippen LogP) is 6.24. The highest BCUT2D eigenvalue weighted by atomic mass is 32.2. The van der Waals surface area contributed by atoms with Crippen LogP contribution >= 0.6 is 11.8 Å². The van der Waals surface area contributed by atoms with Crippen LogP contribution in [0.5, 0.6) is 0 Å². The molecule has 1 aliphatic heterocycles. The van der Waals surface area contributed by atoms with E-state index in [0.717, 1.165) is 22.4 Å². The van der Waals surface area contributed by atoms with Crippen molar-refractivity contribution in [2.24, 2.45) is 5.92 Å². The molecule has 2 heterocycles. The van der Waals surface area contributed by atoms with Crippen molar-refractivity contribution in [3.8, 4) is 16.9 Å².